The van der Waals surface area contributed by atoms with E-state index >= 15 is 0 Å². The molecule has 2 aliphatic rings. The van der Waals surface area contributed by atoms with Gasteiger partial charge >= 0.3 is 0 Å². The minimum atomic E-state index is -1.39. The second-order valence-electron chi connectivity index (χ2n) is 10.1. The van der Waals surface area contributed by atoms with Gasteiger partial charge in [0.05, 0.1) is 19.3 Å². The molecular formula is C23H35ClN2O6S. The first-order valence-corrected chi connectivity index (χ1v) is 12.8. The van der Waals surface area contributed by atoms with Gasteiger partial charge in [-0.25, -0.2) is 0 Å². The molecule has 33 heavy (non-hydrogen) atoms. The minimum Gasteiger partial charge on any atom is -0.598 e. The van der Waals surface area contributed by atoms with Crippen molar-refractivity contribution in [2.45, 2.75) is 76.7 Å². The number of carbonyl (C=O) groups is 1. The van der Waals surface area contributed by atoms with E-state index in [1.165, 1.54) is 6.07 Å². The van der Waals surface area contributed by atoms with Gasteiger partial charge < -0.3 is 29.1 Å². The van der Waals surface area contributed by atoms with Crippen LogP contribution in [0, 0.1) is 5.92 Å². The van der Waals surface area contributed by atoms with Gasteiger partial charge in [0.2, 0.25) is 0 Å². The highest BCUT2D eigenvalue weighted by molar-refractivity contribution is 7.90. The maximum absolute atomic E-state index is 13.0. The fourth-order valence-corrected chi connectivity index (χ4v) is 5.30. The van der Waals surface area contributed by atoms with Crippen molar-refractivity contribution in [2.24, 2.45) is 5.92 Å². The summed E-state index contributed by atoms with van der Waals surface area (Å²) in [5, 5.41) is 20.5. The lowest BCUT2D eigenvalue weighted by molar-refractivity contribution is -0.161. The number of carbonyl (C=O) groups excluding carboxylic acids is 1. The molecule has 2 saturated heterocycles. The summed E-state index contributed by atoms with van der Waals surface area (Å²) in [6.45, 7) is 10.2. The van der Waals surface area contributed by atoms with E-state index in [0.29, 0.717) is 42.1 Å². The molecule has 0 bridgehead atoms. The number of aliphatic hydroxyl groups excluding tert-OH is 1. The molecule has 1 unspecified atom stereocenters. The number of hydrogen-bond donors (Lipinski definition) is 3. The summed E-state index contributed by atoms with van der Waals surface area (Å²) < 4.78 is 26.9. The molecule has 1 aromatic carbocycles. The van der Waals surface area contributed by atoms with E-state index in [2.05, 4.69) is 4.72 Å². The number of hydrogen-bond acceptors (Lipinski definition) is 7. The largest absolute Gasteiger partial charge is 0.598 e. The van der Waals surface area contributed by atoms with Crippen molar-refractivity contribution in [2.75, 3.05) is 19.7 Å². The summed E-state index contributed by atoms with van der Waals surface area (Å²) in [7, 11) is 0. The van der Waals surface area contributed by atoms with Gasteiger partial charge in [-0.05, 0) is 71.1 Å². The van der Waals surface area contributed by atoms with Gasteiger partial charge in [-0.2, -0.15) is 0 Å². The number of ether oxygens (including phenoxy) is 2. The Labute approximate surface area is 203 Å². The van der Waals surface area contributed by atoms with Crippen LogP contribution < -0.4 is 4.72 Å². The first-order chi connectivity index (χ1) is 15.3. The van der Waals surface area contributed by atoms with Crippen LogP contribution in [0.3, 0.4) is 0 Å². The Morgan fingerprint density at radius 1 is 1.36 bits per heavy atom. The summed E-state index contributed by atoms with van der Waals surface area (Å²) in [5.41, 5.74) is 0.963. The van der Waals surface area contributed by atoms with Crippen LogP contribution in [-0.2, 0) is 32.2 Å². The van der Waals surface area contributed by atoms with Gasteiger partial charge in [0.1, 0.15) is 10.5 Å². The lowest BCUT2D eigenvalue weighted by atomic mass is 9.85. The van der Waals surface area contributed by atoms with Gasteiger partial charge in [0.15, 0.2) is 11.9 Å². The van der Waals surface area contributed by atoms with Crippen molar-refractivity contribution in [3.63, 3.8) is 0 Å². The molecule has 3 rings (SSSR count). The third-order valence-electron chi connectivity index (χ3n) is 6.10. The van der Waals surface area contributed by atoms with Crippen molar-refractivity contribution in [3.05, 3.63) is 28.3 Å². The van der Waals surface area contributed by atoms with Crippen LogP contribution in [0.25, 0.3) is 0 Å². The number of halogens is 1. The average molecular weight is 503 g/mol. The number of nitrogens with one attached hydrogen (secondary N) is 1. The molecule has 0 radical (unpaired) electrons. The topological polar surface area (TPSA) is 114 Å². The van der Waals surface area contributed by atoms with E-state index in [-0.39, 0.29) is 30.8 Å². The number of piperidine rings is 1. The molecule has 186 valence electrons. The average Bonchev–Trinajstić information content (AvgIpc) is 3.12. The maximum atomic E-state index is 13.0. The Bertz CT molecular complexity index is 854. The van der Waals surface area contributed by atoms with Crippen molar-refractivity contribution in [1.29, 1.82) is 0 Å². The minimum absolute atomic E-state index is 0.0101. The lowest BCUT2D eigenvalue weighted by Gasteiger charge is -2.38. The monoisotopic (exact) mass is 502 g/mol. The first kappa shape index (κ1) is 26.5. The van der Waals surface area contributed by atoms with Crippen LogP contribution in [0.4, 0.5) is 0 Å². The van der Waals surface area contributed by atoms with Gasteiger partial charge in [0.25, 0.3) is 5.91 Å². The van der Waals surface area contributed by atoms with Crippen LogP contribution in [-0.4, -0.2) is 61.9 Å². The fraction of sp³-hybridized carbons (Fsp3) is 0.696. The van der Waals surface area contributed by atoms with Gasteiger partial charge in [-0.1, -0.05) is 11.6 Å². The Balaban J connectivity index is 1.77. The van der Waals surface area contributed by atoms with Crippen molar-refractivity contribution in [1.82, 2.24) is 9.62 Å². The summed E-state index contributed by atoms with van der Waals surface area (Å²) in [5.74, 6) is -0.842. The van der Waals surface area contributed by atoms with Crippen LogP contribution in [0.1, 0.15) is 64.6 Å². The number of phenolic OH excluding ortho intramolecular Hbond substituents is 1. The molecule has 2 fully saturated rings. The van der Waals surface area contributed by atoms with E-state index in [4.69, 9.17) is 21.1 Å². The van der Waals surface area contributed by atoms with Crippen LogP contribution in [0.2, 0.25) is 5.02 Å². The summed E-state index contributed by atoms with van der Waals surface area (Å²) in [4.78, 5) is 14.7. The number of likely N-dealkylation sites (tertiary alicyclic amines) is 1. The smallest absolute Gasteiger partial charge is 0.254 e. The maximum Gasteiger partial charge on any atom is 0.254 e. The molecule has 2 heterocycles. The molecule has 2 aliphatic heterocycles. The van der Waals surface area contributed by atoms with Crippen LogP contribution in [0.5, 0.6) is 5.75 Å². The van der Waals surface area contributed by atoms with E-state index in [1.54, 1.807) is 24.8 Å². The summed E-state index contributed by atoms with van der Waals surface area (Å²) >= 11 is 4.93. The highest BCUT2D eigenvalue weighted by atomic mass is 35.5. The normalized spacial score (nSPS) is 23.5. The number of rotatable bonds is 6. The zero-order valence-electron chi connectivity index (χ0n) is 19.9. The van der Waals surface area contributed by atoms with Gasteiger partial charge in [-0.15, -0.1) is 4.72 Å². The number of nitrogens with zero attached hydrogens (tertiary/aromatic N) is 1. The highest BCUT2D eigenvalue weighted by Crippen LogP contribution is 2.39. The van der Waals surface area contributed by atoms with Crippen molar-refractivity contribution in [3.8, 4) is 5.75 Å². The SMILES string of the molecule is CC1(C)OC[C@H](C(=O)N2CCC(C(N[S@@+]([O-])C(C)(C)C)c3cc(Cl)c(CO)cc3O)CC2)O1. The van der Waals surface area contributed by atoms with E-state index < -0.39 is 34.0 Å². The van der Waals surface area contributed by atoms with Crippen molar-refractivity contribution >= 4 is 28.9 Å². The molecule has 0 aromatic heterocycles. The van der Waals surface area contributed by atoms with Crippen LogP contribution >= 0.6 is 11.6 Å². The Hall–Kier alpha value is -1.07. The van der Waals surface area contributed by atoms with E-state index in [1.807, 2.05) is 20.8 Å². The number of amides is 1. The molecule has 10 heteroatoms. The van der Waals surface area contributed by atoms with E-state index in [0.717, 1.165) is 0 Å². The molecule has 1 amide bonds. The number of aliphatic hydroxyl groups is 1. The quantitative estimate of drug-likeness (QED) is 0.512. The number of benzene rings is 1. The third-order valence-corrected chi connectivity index (χ3v) is 8.03. The van der Waals surface area contributed by atoms with Crippen molar-refractivity contribution < 1.29 is 29.0 Å². The zero-order chi connectivity index (χ0) is 24.6. The Morgan fingerprint density at radius 2 is 2.00 bits per heavy atom. The Kier molecular flexibility index (Phi) is 8.26. The van der Waals surface area contributed by atoms with Crippen LogP contribution in [0.15, 0.2) is 12.1 Å². The zero-order valence-corrected chi connectivity index (χ0v) is 21.5. The highest BCUT2D eigenvalue weighted by Gasteiger charge is 2.41. The predicted octanol–water partition coefficient (Wildman–Crippen LogP) is 3.02. The number of aromatic hydroxyl groups is 1. The molecule has 0 saturated carbocycles. The number of phenols is 1. The standard InChI is InChI=1S/C23H35ClN2O6S/c1-22(2,3)33(30)25-20(16-11-17(24)15(12-27)10-18(16)28)14-6-8-26(9-7-14)21(29)19-13-31-23(4,5)32-19/h10-11,14,19-20,25,27-28H,6-9,12-13H2,1-5H3/t19-,20?,33+/m1/s1. The van der Waals surface area contributed by atoms with Gasteiger partial charge in [-0.3, -0.25) is 4.79 Å². The molecule has 3 atom stereocenters. The van der Waals surface area contributed by atoms with Gasteiger partial charge in [0, 0.05) is 35.0 Å². The molecule has 8 nitrogen and oxygen atoms in total. The molecular weight excluding hydrogens is 468 g/mol. The third kappa shape index (κ3) is 6.33. The molecule has 0 aliphatic carbocycles. The summed E-state index contributed by atoms with van der Waals surface area (Å²) in [6, 6.07) is 2.64. The predicted molar refractivity (Wildman–Crippen MR) is 127 cm³/mol. The molecule has 0 spiro atoms. The summed E-state index contributed by atoms with van der Waals surface area (Å²) in [6.07, 6.45) is 0.703. The second-order valence-corrected chi connectivity index (χ2v) is 12.5. The molecule has 1 aromatic rings. The Morgan fingerprint density at radius 3 is 2.52 bits per heavy atom. The first-order valence-electron chi connectivity index (χ1n) is 11.2. The van der Waals surface area contributed by atoms with E-state index in [9.17, 15) is 19.6 Å². The molecule has 3 N–H and O–H groups in total. The lowest BCUT2D eigenvalue weighted by Crippen LogP contribution is -2.48. The second kappa shape index (κ2) is 10.3. The fourth-order valence-electron chi connectivity index (χ4n) is 4.16.